The van der Waals surface area contributed by atoms with Crippen LogP contribution < -0.4 is 15.0 Å². The van der Waals surface area contributed by atoms with Gasteiger partial charge in [0.15, 0.2) is 6.61 Å². The maximum Gasteiger partial charge on any atom is 0.269 e. The molecule has 2 aromatic carbocycles. The lowest BCUT2D eigenvalue weighted by Crippen LogP contribution is -2.48. The van der Waals surface area contributed by atoms with E-state index in [1.807, 2.05) is 4.90 Å². The summed E-state index contributed by atoms with van der Waals surface area (Å²) in [5.41, 5.74) is 1.16. The second-order valence-electron chi connectivity index (χ2n) is 6.66. The summed E-state index contributed by atoms with van der Waals surface area (Å²) in [4.78, 5) is 23.9. The molecule has 0 atom stereocenters. The Bertz CT molecular complexity index is 1060. The van der Waals surface area contributed by atoms with Crippen molar-refractivity contribution in [3.63, 3.8) is 0 Å². The number of non-ortho nitro benzene ring substituents is 1. The smallest absolute Gasteiger partial charge is 0.269 e. The van der Waals surface area contributed by atoms with Crippen LogP contribution in [0, 0.1) is 10.1 Å². The Morgan fingerprint density at radius 1 is 1.03 bits per heavy atom. The SMILES string of the molecule is O=C1COc2ccc(S(=O)(=O)N3CCN(c4ccc([N+](=O)[O-])cc4)CC3)cc2N1. The Labute approximate surface area is 166 Å². The molecular weight excluding hydrogens is 400 g/mol. The molecule has 0 aliphatic carbocycles. The summed E-state index contributed by atoms with van der Waals surface area (Å²) < 4.78 is 32.6. The number of amides is 1. The van der Waals surface area contributed by atoms with Crippen molar-refractivity contribution in [2.24, 2.45) is 0 Å². The Morgan fingerprint density at radius 2 is 1.72 bits per heavy atom. The summed E-state index contributed by atoms with van der Waals surface area (Å²) in [6.45, 7) is 1.38. The maximum absolute atomic E-state index is 13.0. The van der Waals surface area contributed by atoms with Crippen molar-refractivity contribution in [1.82, 2.24) is 4.31 Å². The van der Waals surface area contributed by atoms with Gasteiger partial charge in [0.2, 0.25) is 10.0 Å². The van der Waals surface area contributed by atoms with Crippen LogP contribution in [0.2, 0.25) is 0 Å². The lowest BCUT2D eigenvalue weighted by molar-refractivity contribution is -0.384. The zero-order chi connectivity index (χ0) is 20.6. The number of benzene rings is 2. The first-order chi connectivity index (χ1) is 13.8. The summed E-state index contributed by atoms with van der Waals surface area (Å²) in [5, 5.41) is 13.4. The van der Waals surface area contributed by atoms with Gasteiger partial charge in [-0.1, -0.05) is 0 Å². The van der Waals surface area contributed by atoms with Crippen LogP contribution in [0.25, 0.3) is 0 Å². The van der Waals surface area contributed by atoms with Crippen LogP contribution >= 0.6 is 0 Å². The van der Waals surface area contributed by atoms with E-state index < -0.39 is 14.9 Å². The fourth-order valence-corrected chi connectivity index (χ4v) is 4.79. The molecule has 0 saturated carbocycles. The number of anilines is 2. The molecule has 29 heavy (non-hydrogen) atoms. The minimum atomic E-state index is -3.73. The van der Waals surface area contributed by atoms with Crippen molar-refractivity contribution in [3.05, 3.63) is 52.6 Å². The molecule has 1 N–H and O–H groups in total. The summed E-state index contributed by atoms with van der Waals surface area (Å²) in [5.74, 6) is 0.107. The second kappa shape index (κ2) is 7.33. The topological polar surface area (TPSA) is 122 Å². The summed E-state index contributed by atoms with van der Waals surface area (Å²) >= 11 is 0. The van der Waals surface area contributed by atoms with E-state index in [2.05, 4.69) is 5.32 Å². The van der Waals surface area contributed by atoms with Crippen molar-refractivity contribution >= 4 is 33.0 Å². The van der Waals surface area contributed by atoms with Gasteiger partial charge < -0.3 is 15.0 Å². The van der Waals surface area contributed by atoms with Crippen LogP contribution in [0.5, 0.6) is 5.75 Å². The number of hydrogen-bond donors (Lipinski definition) is 1. The normalized spacial score (nSPS) is 17.2. The van der Waals surface area contributed by atoms with Crippen molar-refractivity contribution in [2.75, 3.05) is 43.0 Å². The Kier molecular flexibility index (Phi) is 4.84. The molecule has 0 spiro atoms. The molecular formula is C18H18N4O6S. The first kappa shape index (κ1) is 19.2. The van der Waals surface area contributed by atoms with Gasteiger partial charge in [-0.3, -0.25) is 14.9 Å². The van der Waals surface area contributed by atoms with E-state index in [1.54, 1.807) is 12.1 Å². The van der Waals surface area contributed by atoms with Gasteiger partial charge >= 0.3 is 0 Å². The number of piperazine rings is 1. The highest BCUT2D eigenvalue weighted by Crippen LogP contribution is 2.31. The minimum Gasteiger partial charge on any atom is -0.482 e. The number of rotatable bonds is 4. The molecule has 4 rings (SSSR count). The number of nitro benzene ring substituents is 1. The van der Waals surface area contributed by atoms with E-state index in [1.165, 1.54) is 34.6 Å². The molecule has 2 heterocycles. The molecule has 1 amide bonds. The third-order valence-corrected chi connectivity index (χ3v) is 6.78. The van der Waals surface area contributed by atoms with E-state index in [-0.39, 0.29) is 36.2 Å². The second-order valence-corrected chi connectivity index (χ2v) is 8.60. The highest BCUT2D eigenvalue weighted by atomic mass is 32.2. The van der Waals surface area contributed by atoms with E-state index in [0.717, 1.165) is 5.69 Å². The molecule has 1 fully saturated rings. The molecule has 11 heteroatoms. The number of nitrogens with one attached hydrogen (secondary N) is 1. The largest absolute Gasteiger partial charge is 0.482 e. The number of carbonyl (C=O) groups is 1. The summed E-state index contributed by atoms with van der Waals surface area (Å²) in [6, 6.07) is 10.6. The number of sulfonamides is 1. The zero-order valence-electron chi connectivity index (χ0n) is 15.3. The van der Waals surface area contributed by atoms with Gasteiger partial charge in [0, 0.05) is 44.0 Å². The molecule has 0 radical (unpaired) electrons. The van der Waals surface area contributed by atoms with Crippen LogP contribution in [-0.4, -0.2) is 56.3 Å². The fourth-order valence-electron chi connectivity index (χ4n) is 3.34. The number of fused-ring (bicyclic) bond motifs is 1. The quantitative estimate of drug-likeness (QED) is 0.589. The van der Waals surface area contributed by atoms with Gasteiger partial charge in [0.25, 0.3) is 11.6 Å². The van der Waals surface area contributed by atoms with Crippen LogP contribution in [-0.2, 0) is 14.8 Å². The number of ether oxygens (including phenoxy) is 1. The molecule has 1 saturated heterocycles. The van der Waals surface area contributed by atoms with E-state index in [0.29, 0.717) is 24.5 Å². The molecule has 0 unspecified atom stereocenters. The molecule has 152 valence electrons. The molecule has 2 aliphatic heterocycles. The van der Waals surface area contributed by atoms with Crippen molar-refractivity contribution in [3.8, 4) is 5.75 Å². The zero-order valence-corrected chi connectivity index (χ0v) is 16.1. The van der Waals surface area contributed by atoms with Gasteiger partial charge in [-0.15, -0.1) is 0 Å². The average Bonchev–Trinajstić information content (AvgIpc) is 2.73. The highest BCUT2D eigenvalue weighted by Gasteiger charge is 2.30. The maximum atomic E-state index is 13.0. The summed E-state index contributed by atoms with van der Waals surface area (Å²) in [6.07, 6.45) is 0. The minimum absolute atomic E-state index is 0.0124. The van der Waals surface area contributed by atoms with Crippen molar-refractivity contribution in [2.45, 2.75) is 4.90 Å². The van der Waals surface area contributed by atoms with Crippen LogP contribution in [0.1, 0.15) is 0 Å². The predicted molar refractivity (Wildman–Crippen MR) is 105 cm³/mol. The summed E-state index contributed by atoms with van der Waals surface area (Å²) in [7, 11) is -3.73. The van der Waals surface area contributed by atoms with Gasteiger partial charge in [-0.05, 0) is 30.3 Å². The monoisotopic (exact) mass is 418 g/mol. The van der Waals surface area contributed by atoms with Crippen LogP contribution in [0.4, 0.5) is 17.1 Å². The average molecular weight is 418 g/mol. The molecule has 2 aromatic rings. The first-order valence-corrected chi connectivity index (χ1v) is 10.3. The Hall–Kier alpha value is -3.18. The fraction of sp³-hybridized carbons (Fsp3) is 0.278. The Balaban J connectivity index is 1.47. The third kappa shape index (κ3) is 3.74. The van der Waals surface area contributed by atoms with Gasteiger partial charge in [-0.25, -0.2) is 8.42 Å². The van der Waals surface area contributed by atoms with E-state index in [4.69, 9.17) is 4.74 Å². The molecule has 0 aromatic heterocycles. The number of nitro groups is 1. The number of nitrogens with zero attached hydrogens (tertiary/aromatic N) is 3. The van der Waals surface area contributed by atoms with Crippen LogP contribution in [0.3, 0.4) is 0 Å². The van der Waals surface area contributed by atoms with Crippen LogP contribution in [0.15, 0.2) is 47.4 Å². The molecule has 2 aliphatic rings. The van der Waals surface area contributed by atoms with E-state index in [9.17, 15) is 23.3 Å². The molecule has 10 nitrogen and oxygen atoms in total. The third-order valence-electron chi connectivity index (χ3n) is 4.89. The number of carbonyl (C=O) groups excluding carboxylic acids is 1. The van der Waals surface area contributed by atoms with Crippen molar-refractivity contribution < 1.29 is 22.9 Å². The van der Waals surface area contributed by atoms with Crippen molar-refractivity contribution in [1.29, 1.82) is 0 Å². The lowest BCUT2D eigenvalue weighted by Gasteiger charge is -2.35. The van der Waals surface area contributed by atoms with Gasteiger partial charge in [0.05, 0.1) is 15.5 Å². The Morgan fingerprint density at radius 3 is 2.38 bits per heavy atom. The standard InChI is InChI=1S/C18H18N4O6S/c23-18-12-28-17-6-5-15(11-16(17)19-18)29(26,27)21-9-7-20(8-10-21)13-1-3-14(4-2-13)22(24)25/h1-6,11H,7-10,12H2,(H,19,23). The lowest BCUT2D eigenvalue weighted by atomic mass is 10.2. The van der Waals surface area contributed by atoms with Gasteiger partial charge in [-0.2, -0.15) is 4.31 Å². The van der Waals surface area contributed by atoms with E-state index >= 15 is 0 Å². The predicted octanol–water partition coefficient (Wildman–Crippen LogP) is 1.44. The highest BCUT2D eigenvalue weighted by molar-refractivity contribution is 7.89. The first-order valence-electron chi connectivity index (χ1n) is 8.91. The number of hydrogen-bond acceptors (Lipinski definition) is 7. The molecule has 0 bridgehead atoms. The van der Waals surface area contributed by atoms with Gasteiger partial charge in [0.1, 0.15) is 5.75 Å².